The third-order valence-electron chi connectivity index (χ3n) is 3.02. The molecule has 18 heavy (non-hydrogen) atoms. The quantitative estimate of drug-likeness (QED) is 0.764. The number of alkyl halides is 3. The highest BCUT2D eigenvalue weighted by Crippen LogP contribution is 2.30. The molecule has 1 unspecified atom stereocenters. The van der Waals surface area contributed by atoms with E-state index in [4.69, 9.17) is 10.8 Å². The van der Waals surface area contributed by atoms with Gasteiger partial charge in [0.1, 0.15) is 0 Å². The second-order valence-corrected chi connectivity index (χ2v) is 4.39. The molecule has 0 heterocycles. The van der Waals surface area contributed by atoms with E-state index in [0.29, 0.717) is 19.8 Å². The van der Waals surface area contributed by atoms with Crippen molar-refractivity contribution in [1.29, 1.82) is 0 Å². The molecule has 0 aromatic rings. The van der Waals surface area contributed by atoms with Gasteiger partial charge in [0.15, 0.2) is 5.54 Å². The minimum absolute atomic E-state index is 0.145. The summed E-state index contributed by atoms with van der Waals surface area (Å²) in [6.45, 7) is 3.66. The van der Waals surface area contributed by atoms with E-state index in [9.17, 15) is 18.0 Å². The van der Waals surface area contributed by atoms with Crippen LogP contribution in [0.4, 0.5) is 13.2 Å². The molecule has 0 fully saturated rings. The summed E-state index contributed by atoms with van der Waals surface area (Å²) in [6, 6.07) is -0.352. The Balaban J connectivity index is 5.20. The predicted octanol–water partition coefficient (Wildman–Crippen LogP) is 1.28. The highest BCUT2D eigenvalue weighted by molar-refractivity contribution is 5.87. The van der Waals surface area contributed by atoms with E-state index >= 15 is 0 Å². The summed E-state index contributed by atoms with van der Waals surface area (Å²) >= 11 is 0. The highest BCUT2D eigenvalue weighted by atomic mass is 19.4. The lowest BCUT2D eigenvalue weighted by Crippen LogP contribution is -2.64. The topological polar surface area (TPSA) is 66.6 Å². The molecule has 0 aliphatic carbocycles. The molecule has 7 heteroatoms. The van der Waals surface area contributed by atoms with E-state index in [2.05, 4.69) is 0 Å². The zero-order chi connectivity index (χ0) is 14.6. The van der Waals surface area contributed by atoms with Crippen LogP contribution in [0.2, 0.25) is 0 Å². The third kappa shape index (κ3) is 3.58. The number of hydrogen-bond donors (Lipinski definition) is 2. The van der Waals surface area contributed by atoms with Crippen molar-refractivity contribution in [2.45, 2.75) is 51.4 Å². The molecule has 0 saturated heterocycles. The van der Waals surface area contributed by atoms with Gasteiger partial charge in [-0.1, -0.05) is 13.8 Å². The molecule has 0 spiro atoms. The van der Waals surface area contributed by atoms with Gasteiger partial charge in [0, 0.05) is 12.6 Å². The van der Waals surface area contributed by atoms with Crippen LogP contribution in [0.1, 0.15) is 33.6 Å². The smallest absolute Gasteiger partial charge is 0.395 e. The first-order valence-electron chi connectivity index (χ1n) is 5.90. The second kappa shape index (κ2) is 6.38. The number of amides is 1. The van der Waals surface area contributed by atoms with Gasteiger partial charge in [-0.3, -0.25) is 4.79 Å². The Morgan fingerprint density at radius 3 is 2.06 bits per heavy atom. The van der Waals surface area contributed by atoms with Crippen molar-refractivity contribution in [3.8, 4) is 0 Å². The van der Waals surface area contributed by atoms with Crippen LogP contribution < -0.4 is 5.73 Å². The summed E-state index contributed by atoms with van der Waals surface area (Å²) < 4.78 is 38.2. The maximum absolute atomic E-state index is 12.7. The molecule has 0 rings (SSSR count). The van der Waals surface area contributed by atoms with Crippen molar-refractivity contribution < 1.29 is 23.1 Å². The highest BCUT2D eigenvalue weighted by Gasteiger charge is 2.55. The molecule has 0 radical (unpaired) electrons. The van der Waals surface area contributed by atoms with E-state index in [1.807, 2.05) is 0 Å². The van der Waals surface area contributed by atoms with Gasteiger partial charge in [0.2, 0.25) is 0 Å². The van der Waals surface area contributed by atoms with Crippen LogP contribution in [0.25, 0.3) is 0 Å². The minimum atomic E-state index is -4.82. The Kier molecular flexibility index (Phi) is 6.09. The lowest BCUT2D eigenvalue weighted by atomic mass is 9.98. The number of carbonyl (C=O) groups is 1. The van der Waals surface area contributed by atoms with E-state index < -0.39 is 24.2 Å². The van der Waals surface area contributed by atoms with Gasteiger partial charge < -0.3 is 15.7 Å². The molecule has 1 atom stereocenters. The number of nitrogens with two attached hydrogens (primary N) is 1. The largest absolute Gasteiger partial charge is 0.415 e. The van der Waals surface area contributed by atoms with Crippen LogP contribution in [0.15, 0.2) is 0 Å². The van der Waals surface area contributed by atoms with Gasteiger partial charge >= 0.3 is 6.18 Å². The number of rotatable bonds is 6. The zero-order valence-electron chi connectivity index (χ0n) is 10.9. The zero-order valence-corrected chi connectivity index (χ0v) is 10.9. The molecule has 3 N–H and O–H groups in total. The van der Waals surface area contributed by atoms with Crippen molar-refractivity contribution in [1.82, 2.24) is 4.90 Å². The van der Waals surface area contributed by atoms with Crippen molar-refractivity contribution in [2.24, 2.45) is 5.73 Å². The number of carbonyl (C=O) groups excluding carboxylic acids is 1. The third-order valence-corrected chi connectivity index (χ3v) is 3.02. The Hall–Kier alpha value is -0.820. The molecule has 1 amide bonds. The SMILES string of the molecule is CCC(CC)N(CCO)C(=O)C(C)(N)C(F)(F)F. The molecule has 0 bridgehead atoms. The van der Waals surface area contributed by atoms with Crippen LogP contribution in [-0.4, -0.2) is 46.8 Å². The van der Waals surface area contributed by atoms with Gasteiger partial charge in [0.25, 0.3) is 5.91 Å². The van der Waals surface area contributed by atoms with Crippen molar-refractivity contribution >= 4 is 5.91 Å². The number of nitrogens with zero attached hydrogens (tertiary/aromatic N) is 1. The molecule has 0 aromatic heterocycles. The van der Waals surface area contributed by atoms with Gasteiger partial charge in [-0.2, -0.15) is 13.2 Å². The van der Waals surface area contributed by atoms with Crippen LogP contribution in [-0.2, 0) is 4.79 Å². The molecular weight excluding hydrogens is 249 g/mol. The maximum Gasteiger partial charge on any atom is 0.415 e. The van der Waals surface area contributed by atoms with Gasteiger partial charge in [-0.15, -0.1) is 0 Å². The average molecular weight is 270 g/mol. The van der Waals surface area contributed by atoms with Gasteiger partial charge in [-0.05, 0) is 19.8 Å². The van der Waals surface area contributed by atoms with E-state index in [-0.39, 0.29) is 12.6 Å². The summed E-state index contributed by atoms with van der Waals surface area (Å²) in [7, 11) is 0. The summed E-state index contributed by atoms with van der Waals surface area (Å²) in [5, 5.41) is 8.88. The predicted molar refractivity (Wildman–Crippen MR) is 61.8 cm³/mol. The molecule has 0 aliphatic heterocycles. The summed E-state index contributed by atoms with van der Waals surface area (Å²) in [5.74, 6) is -1.20. The molecule has 4 nitrogen and oxygen atoms in total. The second-order valence-electron chi connectivity index (χ2n) is 4.39. The minimum Gasteiger partial charge on any atom is -0.395 e. The Morgan fingerprint density at radius 1 is 1.33 bits per heavy atom. The Bertz CT molecular complexity index is 276. The first-order valence-corrected chi connectivity index (χ1v) is 5.90. The monoisotopic (exact) mass is 270 g/mol. The molecule has 0 aliphatic rings. The van der Waals surface area contributed by atoms with Crippen LogP contribution in [0, 0.1) is 0 Å². The standard InChI is InChI=1S/C11H21F3N2O2/c1-4-8(5-2)16(6-7-17)9(18)10(3,15)11(12,13)14/h8,17H,4-7,15H2,1-3H3. The first-order chi connectivity index (χ1) is 8.13. The maximum atomic E-state index is 12.7. The van der Waals surface area contributed by atoms with Gasteiger partial charge in [-0.25, -0.2) is 0 Å². The Morgan fingerprint density at radius 2 is 1.78 bits per heavy atom. The van der Waals surface area contributed by atoms with Gasteiger partial charge in [0.05, 0.1) is 6.61 Å². The van der Waals surface area contributed by atoms with Crippen molar-refractivity contribution in [3.05, 3.63) is 0 Å². The van der Waals surface area contributed by atoms with Crippen molar-refractivity contribution in [3.63, 3.8) is 0 Å². The number of aliphatic hydroxyl groups is 1. The van der Waals surface area contributed by atoms with Crippen molar-refractivity contribution in [2.75, 3.05) is 13.2 Å². The van der Waals surface area contributed by atoms with Crippen LogP contribution in [0.5, 0.6) is 0 Å². The summed E-state index contributed by atoms with van der Waals surface area (Å²) in [5.41, 5.74) is 2.19. The number of aliphatic hydroxyl groups excluding tert-OH is 1. The molecule has 108 valence electrons. The summed E-state index contributed by atoms with van der Waals surface area (Å²) in [6.07, 6.45) is -3.80. The lowest BCUT2D eigenvalue weighted by Gasteiger charge is -2.37. The van der Waals surface area contributed by atoms with Crippen LogP contribution >= 0.6 is 0 Å². The Labute approximate surface area is 105 Å². The molecule has 0 saturated carbocycles. The fourth-order valence-corrected chi connectivity index (χ4v) is 1.71. The number of halogens is 3. The molecule has 0 aromatic carbocycles. The van der Waals surface area contributed by atoms with Crippen LogP contribution in [0.3, 0.4) is 0 Å². The fraction of sp³-hybridized carbons (Fsp3) is 0.909. The fourth-order valence-electron chi connectivity index (χ4n) is 1.71. The first kappa shape index (κ1) is 17.2. The average Bonchev–Trinajstić information content (AvgIpc) is 2.27. The number of hydrogen-bond acceptors (Lipinski definition) is 3. The van der Waals surface area contributed by atoms with E-state index in [1.165, 1.54) is 0 Å². The molecular formula is C11H21F3N2O2. The van der Waals surface area contributed by atoms with E-state index in [1.54, 1.807) is 13.8 Å². The summed E-state index contributed by atoms with van der Waals surface area (Å²) in [4.78, 5) is 13.0. The normalized spacial score (nSPS) is 15.6. The lowest BCUT2D eigenvalue weighted by molar-refractivity contribution is -0.195. The van der Waals surface area contributed by atoms with E-state index in [0.717, 1.165) is 4.90 Å².